The molecule has 0 bridgehead atoms. The molecule has 9 heteroatoms. The lowest BCUT2D eigenvalue weighted by atomic mass is 10.1. The zero-order chi connectivity index (χ0) is 65.3. The second kappa shape index (κ2) is 24.4. The van der Waals surface area contributed by atoms with Crippen LogP contribution in [0.3, 0.4) is 0 Å². The third kappa shape index (κ3) is 9.96. The molecule has 0 unspecified atom stereocenters. The summed E-state index contributed by atoms with van der Waals surface area (Å²) in [5.41, 5.74) is 23.5. The quantitative estimate of drug-likeness (QED) is 0.102. The van der Waals surface area contributed by atoms with Crippen molar-refractivity contribution >= 4 is 149 Å². The molecule has 0 fully saturated rings. The number of thiophene rings is 3. The first-order chi connectivity index (χ1) is 49.1. The van der Waals surface area contributed by atoms with Gasteiger partial charge in [-0.2, -0.15) is 0 Å². The third-order valence-corrected chi connectivity index (χ3v) is 22.6. The number of hydrogen-bond acceptors (Lipinski definition) is 6. The zero-order valence-corrected chi connectivity index (χ0v) is 56.0. The highest BCUT2D eigenvalue weighted by atomic mass is 32.1. The maximum atomic E-state index is 2.61. The first-order valence-electron chi connectivity index (χ1n) is 33.4. The summed E-state index contributed by atoms with van der Waals surface area (Å²) in [7, 11) is 0. The van der Waals surface area contributed by atoms with Gasteiger partial charge in [-0.15, -0.1) is 34.0 Å². The van der Waals surface area contributed by atoms with Crippen LogP contribution < -0.4 is 14.7 Å². The van der Waals surface area contributed by atoms with Crippen molar-refractivity contribution in [2.45, 2.75) is 0 Å². The number of hydrogen-bond donors (Lipinski definition) is 0. The molecule has 0 amide bonds. The summed E-state index contributed by atoms with van der Waals surface area (Å²) < 4.78 is 11.5. The minimum atomic E-state index is 1.07. The Morgan fingerprint density at radius 2 is 0.374 bits per heavy atom. The predicted octanol–water partition coefficient (Wildman–Crippen LogP) is 26.6. The fourth-order valence-corrected chi connectivity index (χ4v) is 18.2. The molecule has 0 aliphatic heterocycles. The standard InChI is InChI=1S/C90H60N6S3/c1-10-28-61(29-11-1)79-58-76-88(97-79)82-85(94(76)73-52-46-70(47-53-73)91(64-34-16-4-17-35-64)65-36-18-5-19-37-65)83-87(96(78-60-81(98-89(78)83)63-32-14-3-15-33-63)75-56-50-72(51-57-75)93(68-42-24-8-25-43-68)69-44-26-9-27-45-69)84-86(82)95(77-59-80(99-90(77)84)62-30-12-2-13-31-62)74-54-48-71(49-55-74)92(66-38-20-6-21-39-66)67-40-22-7-23-41-67/h1-60H. The molecule has 6 nitrogen and oxygen atoms in total. The van der Waals surface area contributed by atoms with Crippen molar-refractivity contribution < 1.29 is 0 Å². The van der Waals surface area contributed by atoms with Crippen LogP contribution in [0.4, 0.5) is 51.2 Å². The van der Waals surface area contributed by atoms with Gasteiger partial charge in [-0.05, 0) is 180 Å². The van der Waals surface area contributed by atoms with Gasteiger partial charge in [-0.1, -0.05) is 200 Å². The average molecular weight is 1320 g/mol. The summed E-state index contributed by atoms with van der Waals surface area (Å²) in [6.07, 6.45) is 0. The minimum absolute atomic E-state index is 1.07. The van der Waals surface area contributed by atoms with Crippen LogP contribution >= 0.6 is 34.0 Å². The molecule has 6 heterocycles. The largest absolute Gasteiger partial charge is 0.311 e. The number of para-hydroxylation sites is 6. The molecule has 468 valence electrons. The Kier molecular flexibility index (Phi) is 14.4. The average Bonchev–Trinajstić information content (AvgIpc) is 1.50. The van der Waals surface area contributed by atoms with Gasteiger partial charge in [0.2, 0.25) is 0 Å². The molecule has 0 aliphatic carbocycles. The van der Waals surface area contributed by atoms with E-state index in [4.69, 9.17) is 0 Å². The highest BCUT2D eigenvalue weighted by Gasteiger charge is 2.33. The first-order valence-corrected chi connectivity index (χ1v) is 35.8. The number of aromatic nitrogens is 3. The second-order valence-electron chi connectivity index (χ2n) is 24.8. The van der Waals surface area contributed by atoms with Crippen molar-refractivity contribution in [1.29, 1.82) is 0 Å². The van der Waals surface area contributed by atoms with Crippen LogP contribution in [0.15, 0.2) is 364 Å². The number of fused-ring (bicyclic) bond motifs is 12. The summed E-state index contributed by atoms with van der Waals surface area (Å²) in [5, 5.41) is 3.65. The van der Waals surface area contributed by atoms with Crippen LogP contribution in [-0.2, 0) is 0 Å². The Hall–Kier alpha value is -12.2. The van der Waals surface area contributed by atoms with E-state index in [1.807, 2.05) is 34.0 Å². The molecule has 0 N–H and O–H groups in total. The molecular weight excluding hydrogens is 1260 g/mol. The molecule has 19 aromatic rings. The smallest absolute Gasteiger partial charge is 0.0679 e. The summed E-state index contributed by atoms with van der Waals surface area (Å²) in [4.78, 5) is 10.7. The van der Waals surface area contributed by atoms with E-state index >= 15 is 0 Å². The first kappa shape index (κ1) is 58.1. The molecule has 6 aromatic heterocycles. The number of nitrogens with zero attached hydrogens (tertiary/aromatic N) is 6. The molecule has 99 heavy (non-hydrogen) atoms. The van der Waals surface area contributed by atoms with Crippen LogP contribution in [0.2, 0.25) is 0 Å². The summed E-state index contributed by atoms with van der Waals surface area (Å²) in [6.45, 7) is 0. The lowest BCUT2D eigenvalue weighted by molar-refractivity contribution is 1.17. The van der Waals surface area contributed by atoms with E-state index in [1.165, 1.54) is 78.1 Å². The molecule has 0 atom stereocenters. The van der Waals surface area contributed by atoms with Gasteiger partial charge in [0.15, 0.2) is 0 Å². The molecule has 19 rings (SSSR count). The van der Waals surface area contributed by atoms with Gasteiger partial charge in [-0.25, -0.2) is 0 Å². The Labute approximate surface area is 585 Å². The summed E-state index contributed by atoms with van der Waals surface area (Å²) >= 11 is 5.69. The summed E-state index contributed by atoms with van der Waals surface area (Å²) in [6, 6.07) is 132. The lowest BCUT2D eigenvalue weighted by Gasteiger charge is -2.25. The van der Waals surface area contributed by atoms with E-state index < -0.39 is 0 Å². The lowest BCUT2D eigenvalue weighted by Crippen LogP contribution is -2.09. The van der Waals surface area contributed by atoms with Gasteiger partial charge in [0.25, 0.3) is 0 Å². The van der Waals surface area contributed by atoms with Gasteiger partial charge >= 0.3 is 0 Å². The van der Waals surface area contributed by atoms with Crippen LogP contribution in [0.1, 0.15) is 0 Å². The number of rotatable bonds is 15. The minimum Gasteiger partial charge on any atom is -0.311 e. The van der Waals surface area contributed by atoms with E-state index in [1.54, 1.807) is 0 Å². The van der Waals surface area contributed by atoms with Gasteiger partial charge in [-0.3, -0.25) is 0 Å². The van der Waals surface area contributed by atoms with Gasteiger partial charge < -0.3 is 28.4 Å². The molecule has 13 aromatic carbocycles. The fourth-order valence-electron chi connectivity index (χ4n) is 14.7. The van der Waals surface area contributed by atoms with E-state index in [2.05, 4.69) is 392 Å². The molecule has 0 aliphatic rings. The molecule has 0 spiro atoms. The van der Waals surface area contributed by atoms with Gasteiger partial charge in [0, 0.05) is 99.0 Å². The molecule has 0 radical (unpaired) electrons. The van der Waals surface area contributed by atoms with Crippen molar-refractivity contribution in [3.05, 3.63) is 364 Å². The highest BCUT2D eigenvalue weighted by Crippen LogP contribution is 2.56. The normalized spacial score (nSPS) is 11.6. The maximum absolute atomic E-state index is 2.61. The van der Waals surface area contributed by atoms with Crippen molar-refractivity contribution in [2.24, 2.45) is 0 Å². The third-order valence-electron chi connectivity index (χ3n) is 19.0. The fraction of sp³-hybridized carbons (Fsp3) is 0. The zero-order valence-electron chi connectivity index (χ0n) is 53.5. The van der Waals surface area contributed by atoms with Crippen LogP contribution in [-0.4, -0.2) is 13.7 Å². The van der Waals surface area contributed by atoms with Crippen molar-refractivity contribution in [2.75, 3.05) is 14.7 Å². The van der Waals surface area contributed by atoms with Crippen LogP contribution in [0.5, 0.6) is 0 Å². The van der Waals surface area contributed by atoms with Crippen molar-refractivity contribution in [3.8, 4) is 48.4 Å². The Morgan fingerprint density at radius 3 is 0.576 bits per heavy atom. The second-order valence-corrected chi connectivity index (χ2v) is 28.0. The number of benzene rings is 13. The monoisotopic (exact) mass is 1320 g/mol. The SMILES string of the molecule is c1ccc(-c2cc3c(s2)c2c(c4c5sc(-c6ccccc6)cc5n(-c5ccc(N(c6ccccc6)c6ccccc6)cc5)c4c4c5sc(-c6ccccc6)cc5n(-c5ccc(N(c6ccccc6)c6ccccc6)cc5)c24)n3-c2ccc(N(c3ccccc3)c3ccccc3)cc2)cc1. The maximum Gasteiger partial charge on any atom is 0.0679 e. The Morgan fingerprint density at radius 1 is 0.192 bits per heavy atom. The van der Waals surface area contributed by atoms with E-state index in [0.717, 1.165) is 84.8 Å². The van der Waals surface area contributed by atoms with E-state index in [0.29, 0.717) is 0 Å². The molecule has 0 saturated carbocycles. The molecule has 0 saturated heterocycles. The Balaban J connectivity index is 0.961. The van der Waals surface area contributed by atoms with Crippen LogP contribution in [0, 0.1) is 0 Å². The molecular formula is C90H60N6S3. The topological polar surface area (TPSA) is 24.5 Å². The predicted molar refractivity (Wildman–Crippen MR) is 423 cm³/mol. The summed E-state index contributed by atoms with van der Waals surface area (Å²) in [5.74, 6) is 0. The Bertz CT molecular complexity index is 5340. The van der Waals surface area contributed by atoms with E-state index in [9.17, 15) is 0 Å². The van der Waals surface area contributed by atoms with Gasteiger partial charge in [0.1, 0.15) is 0 Å². The van der Waals surface area contributed by atoms with E-state index in [-0.39, 0.29) is 0 Å². The highest BCUT2D eigenvalue weighted by molar-refractivity contribution is 7.25. The van der Waals surface area contributed by atoms with Crippen molar-refractivity contribution in [1.82, 2.24) is 13.7 Å². The number of anilines is 9. The van der Waals surface area contributed by atoms with Gasteiger partial charge in [0.05, 0.1) is 47.2 Å². The van der Waals surface area contributed by atoms with Crippen LogP contribution in [0.25, 0.3) is 112 Å². The van der Waals surface area contributed by atoms with Crippen molar-refractivity contribution in [3.63, 3.8) is 0 Å².